The van der Waals surface area contributed by atoms with E-state index in [1.54, 1.807) is 22.6 Å². The Hall–Kier alpha value is -0.980. The van der Waals surface area contributed by atoms with Crippen molar-refractivity contribution >= 4 is 10.0 Å². The van der Waals surface area contributed by atoms with Crippen molar-refractivity contribution in [1.82, 2.24) is 9.29 Å². The van der Waals surface area contributed by atoms with Crippen LogP contribution in [-0.4, -0.2) is 43.0 Å². The summed E-state index contributed by atoms with van der Waals surface area (Å²) in [5.41, 5.74) is 0. The fourth-order valence-corrected chi connectivity index (χ4v) is 4.94. The largest absolute Gasteiger partial charge is 0.377 e. The van der Waals surface area contributed by atoms with Crippen molar-refractivity contribution in [2.75, 3.05) is 13.2 Å². The van der Waals surface area contributed by atoms with Crippen molar-refractivity contribution in [2.24, 2.45) is 0 Å². The van der Waals surface area contributed by atoms with Gasteiger partial charge in [-0.05, 0) is 37.8 Å². The quantitative estimate of drug-likeness (QED) is 0.836. The standard InChI is InChI=1S/C15H22N2O3S/c18-21(19,15-8-3-9-16-11-15)17(13-5-1-2-6-13)12-14-7-4-10-20-14/h3,8-9,11,13-14H,1-2,4-7,10,12H2/t14-/m0/s1. The van der Waals surface area contributed by atoms with Crippen LogP contribution in [0.25, 0.3) is 0 Å². The molecule has 2 heterocycles. The molecule has 0 bridgehead atoms. The number of sulfonamides is 1. The molecule has 0 radical (unpaired) electrons. The maximum atomic E-state index is 12.9. The Bertz CT molecular complexity index is 550. The third-order valence-corrected chi connectivity index (χ3v) is 6.28. The molecule has 0 unspecified atom stereocenters. The van der Waals surface area contributed by atoms with E-state index in [1.165, 1.54) is 6.20 Å². The highest BCUT2D eigenvalue weighted by atomic mass is 32.2. The average molecular weight is 310 g/mol. The van der Waals surface area contributed by atoms with Crippen molar-refractivity contribution in [1.29, 1.82) is 0 Å². The summed E-state index contributed by atoms with van der Waals surface area (Å²) in [6.07, 6.45) is 9.16. The van der Waals surface area contributed by atoms with Gasteiger partial charge in [-0.15, -0.1) is 0 Å². The van der Waals surface area contributed by atoms with E-state index in [1.807, 2.05) is 0 Å². The molecule has 1 aliphatic carbocycles. The van der Waals surface area contributed by atoms with Crippen LogP contribution in [0.15, 0.2) is 29.4 Å². The first kappa shape index (κ1) is 14.9. The number of aromatic nitrogens is 1. The zero-order chi connectivity index (χ0) is 14.7. The van der Waals surface area contributed by atoms with E-state index in [9.17, 15) is 8.42 Å². The molecule has 1 aromatic heterocycles. The third-order valence-electron chi connectivity index (χ3n) is 4.38. The summed E-state index contributed by atoms with van der Waals surface area (Å²) in [6, 6.07) is 3.41. The van der Waals surface area contributed by atoms with Crippen molar-refractivity contribution < 1.29 is 13.2 Å². The summed E-state index contributed by atoms with van der Waals surface area (Å²) in [7, 11) is -3.48. The molecule has 1 aliphatic heterocycles. The Labute approximate surface area is 126 Å². The first-order chi connectivity index (χ1) is 10.2. The number of ether oxygens (including phenoxy) is 1. The molecule has 5 nitrogen and oxygen atoms in total. The highest BCUT2D eigenvalue weighted by Crippen LogP contribution is 2.30. The van der Waals surface area contributed by atoms with E-state index in [-0.39, 0.29) is 17.0 Å². The molecule has 0 amide bonds. The summed E-state index contributed by atoms with van der Waals surface area (Å²) < 4.78 is 33.2. The van der Waals surface area contributed by atoms with Crippen LogP contribution in [-0.2, 0) is 14.8 Å². The van der Waals surface area contributed by atoms with Crippen LogP contribution in [0, 0.1) is 0 Å². The molecule has 3 rings (SSSR count). The van der Waals surface area contributed by atoms with E-state index in [2.05, 4.69) is 4.98 Å². The molecule has 0 spiro atoms. The predicted octanol–water partition coefficient (Wildman–Crippen LogP) is 2.19. The molecule has 1 saturated carbocycles. The molecular weight excluding hydrogens is 288 g/mol. The zero-order valence-corrected chi connectivity index (χ0v) is 13.0. The molecule has 0 aromatic carbocycles. The highest BCUT2D eigenvalue weighted by Gasteiger charge is 2.35. The molecule has 1 saturated heterocycles. The smallest absolute Gasteiger partial charge is 0.244 e. The number of nitrogens with zero attached hydrogens (tertiary/aromatic N) is 2. The van der Waals surface area contributed by atoms with Gasteiger partial charge in [0.25, 0.3) is 0 Å². The van der Waals surface area contributed by atoms with Crippen LogP contribution < -0.4 is 0 Å². The Morgan fingerprint density at radius 3 is 2.67 bits per heavy atom. The number of hydrogen-bond acceptors (Lipinski definition) is 4. The minimum Gasteiger partial charge on any atom is -0.377 e. The van der Waals surface area contributed by atoms with E-state index in [0.717, 1.165) is 45.1 Å². The van der Waals surface area contributed by atoms with Crippen molar-refractivity contribution in [3.63, 3.8) is 0 Å². The minimum atomic E-state index is -3.48. The Morgan fingerprint density at radius 2 is 2.05 bits per heavy atom. The van der Waals surface area contributed by atoms with Crippen LogP contribution in [0.2, 0.25) is 0 Å². The van der Waals surface area contributed by atoms with Gasteiger partial charge in [-0.1, -0.05) is 12.8 Å². The lowest BCUT2D eigenvalue weighted by molar-refractivity contribution is 0.0861. The van der Waals surface area contributed by atoms with Crippen LogP contribution in [0.3, 0.4) is 0 Å². The van der Waals surface area contributed by atoms with Gasteiger partial charge in [-0.3, -0.25) is 4.98 Å². The maximum absolute atomic E-state index is 12.9. The van der Waals surface area contributed by atoms with E-state index >= 15 is 0 Å². The van der Waals surface area contributed by atoms with Crippen molar-refractivity contribution in [2.45, 2.75) is 55.6 Å². The summed E-state index contributed by atoms with van der Waals surface area (Å²) in [6.45, 7) is 1.22. The van der Waals surface area contributed by atoms with Crippen LogP contribution in [0.4, 0.5) is 0 Å². The second kappa shape index (κ2) is 6.42. The van der Waals surface area contributed by atoms with Gasteiger partial charge in [0.1, 0.15) is 4.90 Å². The second-order valence-electron chi connectivity index (χ2n) is 5.84. The van der Waals surface area contributed by atoms with Crippen LogP contribution in [0.5, 0.6) is 0 Å². The lowest BCUT2D eigenvalue weighted by Gasteiger charge is -2.30. The monoisotopic (exact) mass is 310 g/mol. The van der Waals surface area contributed by atoms with E-state index in [4.69, 9.17) is 4.74 Å². The summed E-state index contributed by atoms with van der Waals surface area (Å²) >= 11 is 0. The third kappa shape index (κ3) is 3.27. The molecule has 1 aromatic rings. The molecule has 116 valence electrons. The lowest BCUT2D eigenvalue weighted by Crippen LogP contribution is -2.43. The Balaban J connectivity index is 1.86. The normalized spacial score (nSPS) is 24.0. The summed E-state index contributed by atoms with van der Waals surface area (Å²) in [5.74, 6) is 0. The van der Waals surface area contributed by atoms with Gasteiger partial charge in [0.05, 0.1) is 6.10 Å². The van der Waals surface area contributed by atoms with Gasteiger partial charge < -0.3 is 4.74 Å². The van der Waals surface area contributed by atoms with Gasteiger partial charge in [0.2, 0.25) is 10.0 Å². The molecule has 2 aliphatic rings. The molecular formula is C15H22N2O3S. The molecule has 0 N–H and O–H groups in total. The predicted molar refractivity (Wildman–Crippen MR) is 79.4 cm³/mol. The van der Waals surface area contributed by atoms with E-state index < -0.39 is 10.0 Å². The first-order valence-electron chi connectivity index (χ1n) is 7.71. The van der Waals surface area contributed by atoms with Gasteiger partial charge in [-0.25, -0.2) is 8.42 Å². The Morgan fingerprint density at radius 1 is 1.24 bits per heavy atom. The fraction of sp³-hybridized carbons (Fsp3) is 0.667. The van der Waals surface area contributed by atoms with Gasteiger partial charge in [-0.2, -0.15) is 4.31 Å². The van der Waals surface area contributed by atoms with Gasteiger partial charge >= 0.3 is 0 Å². The average Bonchev–Trinajstić information content (AvgIpc) is 3.19. The SMILES string of the molecule is O=S(=O)(c1cccnc1)N(C[C@@H]1CCCO1)C1CCCC1. The van der Waals surface area contributed by atoms with E-state index in [0.29, 0.717) is 6.54 Å². The molecule has 2 fully saturated rings. The van der Waals surface area contributed by atoms with Gasteiger partial charge in [0.15, 0.2) is 0 Å². The number of pyridine rings is 1. The molecule has 6 heteroatoms. The topological polar surface area (TPSA) is 59.5 Å². The highest BCUT2D eigenvalue weighted by molar-refractivity contribution is 7.89. The molecule has 1 atom stereocenters. The summed E-state index contributed by atoms with van der Waals surface area (Å²) in [5, 5.41) is 0. The fourth-order valence-electron chi connectivity index (χ4n) is 3.26. The molecule has 21 heavy (non-hydrogen) atoms. The second-order valence-corrected chi connectivity index (χ2v) is 7.73. The van der Waals surface area contributed by atoms with Crippen LogP contribution >= 0.6 is 0 Å². The number of rotatable bonds is 5. The van der Waals surface area contributed by atoms with Crippen molar-refractivity contribution in [3.8, 4) is 0 Å². The number of hydrogen-bond donors (Lipinski definition) is 0. The first-order valence-corrected chi connectivity index (χ1v) is 9.15. The Kier molecular flexibility index (Phi) is 4.57. The zero-order valence-electron chi connectivity index (χ0n) is 12.1. The van der Waals surface area contributed by atoms with Crippen molar-refractivity contribution in [3.05, 3.63) is 24.5 Å². The minimum absolute atomic E-state index is 0.0389. The summed E-state index contributed by atoms with van der Waals surface area (Å²) in [4.78, 5) is 4.24. The van der Waals surface area contributed by atoms with Crippen LogP contribution in [0.1, 0.15) is 38.5 Å². The van der Waals surface area contributed by atoms with Gasteiger partial charge in [0, 0.05) is 31.6 Å². The maximum Gasteiger partial charge on any atom is 0.244 e. The lowest BCUT2D eigenvalue weighted by atomic mass is 10.2.